The van der Waals surface area contributed by atoms with Crippen molar-refractivity contribution in [2.24, 2.45) is 5.10 Å². The van der Waals surface area contributed by atoms with Crippen molar-refractivity contribution in [3.05, 3.63) is 65.0 Å². The molecule has 2 aromatic carbocycles. The second-order valence-corrected chi connectivity index (χ2v) is 8.30. The SMILES string of the molecule is Cc1ccc(C)c(N2N=C(C(=O)N(CC(O)c3ccc(F)cc3)C3CC3)CCC2=O)c1. The number of aliphatic hydroxyl groups is 1. The van der Waals surface area contributed by atoms with Gasteiger partial charge in [0, 0.05) is 18.9 Å². The van der Waals surface area contributed by atoms with Crippen LogP contribution in [0.3, 0.4) is 0 Å². The maximum Gasteiger partial charge on any atom is 0.270 e. The average molecular weight is 423 g/mol. The summed E-state index contributed by atoms with van der Waals surface area (Å²) < 4.78 is 13.2. The van der Waals surface area contributed by atoms with Crippen LogP contribution in [-0.2, 0) is 9.59 Å². The van der Waals surface area contributed by atoms with Crippen LogP contribution in [0.4, 0.5) is 10.1 Å². The number of hydrazone groups is 1. The minimum Gasteiger partial charge on any atom is -0.387 e. The van der Waals surface area contributed by atoms with Crippen molar-refractivity contribution < 1.29 is 19.1 Å². The van der Waals surface area contributed by atoms with E-state index in [4.69, 9.17) is 0 Å². The maximum atomic E-state index is 13.3. The Balaban J connectivity index is 1.57. The fourth-order valence-corrected chi connectivity index (χ4v) is 3.77. The van der Waals surface area contributed by atoms with Gasteiger partial charge < -0.3 is 10.0 Å². The van der Waals surface area contributed by atoms with Crippen LogP contribution in [-0.4, -0.2) is 40.1 Å². The summed E-state index contributed by atoms with van der Waals surface area (Å²) in [7, 11) is 0. The molecule has 1 aliphatic heterocycles. The molecule has 31 heavy (non-hydrogen) atoms. The molecule has 1 fully saturated rings. The largest absolute Gasteiger partial charge is 0.387 e. The van der Waals surface area contributed by atoms with Crippen LogP contribution in [0.5, 0.6) is 0 Å². The van der Waals surface area contributed by atoms with E-state index in [1.54, 1.807) is 4.90 Å². The molecule has 1 aliphatic carbocycles. The quantitative estimate of drug-likeness (QED) is 0.771. The van der Waals surface area contributed by atoms with E-state index >= 15 is 0 Å². The zero-order valence-electron chi connectivity index (χ0n) is 17.7. The normalized spacial score (nSPS) is 17.4. The lowest BCUT2D eigenvalue weighted by atomic mass is 10.1. The number of benzene rings is 2. The number of carbonyl (C=O) groups is 2. The summed E-state index contributed by atoms with van der Waals surface area (Å²) in [4.78, 5) is 27.5. The summed E-state index contributed by atoms with van der Waals surface area (Å²) in [5.41, 5.74) is 3.46. The van der Waals surface area contributed by atoms with Gasteiger partial charge >= 0.3 is 0 Å². The molecule has 2 amide bonds. The monoisotopic (exact) mass is 423 g/mol. The molecule has 1 saturated carbocycles. The highest BCUT2D eigenvalue weighted by atomic mass is 19.1. The van der Waals surface area contributed by atoms with Gasteiger partial charge in [0.25, 0.3) is 5.91 Å². The summed E-state index contributed by atoms with van der Waals surface area (Å²) in [6.45, 7) is 3.95. The molecule has 0 radical (unpaired) electrons. The highest BCUT2D eigenvalue weighted by molar-refractivity contribution is 6.40. The average Bonchev–Trinajstić information content (AvgIpc) is 3.59. The Bertz CT molecular complexity index is 1030. The summed E-state index contributed by atoms with van der Waals surface area (Å²) in [6, 6.07) is 11.5. The summed E-state index contributed by atoms with van der Waals surface area (Å²) in [5.74, 6) is -0.778. The maximum absolute atomic E-state index is 13.3. The molecule has 1 N–H and O–H groups in total. The van der Waals surface area contributed by atoms with Crippen molar-refractivity contribution in [3.63, 3.8) is 0 Å². The molecule has 0 saturated heterocycles. The lowest BCUT2D eigenvalue weighted by molar-refractivity contribution is -0.126. The Labute approximate surface area is 181 Å². The van der Waals surface area contributed by atoms with Crippen LogP contribution in [0.2, 0.25) is 0 Å². The summed E-state index contributed by atoms with van der Waals surface area (Å²) >= 11 is 0. The molecule has 2 aliphatic rings. The fourth-order valence-electron chi connectivity index (χ4n) is 3.77. The smallest absolute Gasteiger partial charge is 0.270 e. The molecular formula is C24H26FN3O3. The second kappa shape index (κ2) is 8.59. The molecule has 7 heteroatoms. The summed E-state index contributed by atoms with van der Waals surface area (Å²) in [6.07, 6.45) is 1.29. The molecule has 1 unspecified atom stereocenters. The van der Waals surface area contributed by atoms with Gasteiger partial charge in [0.15, 0.2) is 0 Å². The molecular weight excluding hydrogens is 397 g/mol. The van der Waals surface area contributed by atoms with Crippen LogP contribution < -0.4 is 5.01 Å². The van der Waals surface area contributed by atoms with E-state index in [2.05, 4.69) is 5.10 Å². The second-order valence-electron chi connectivity index (χ2n) is 8.30. The van der Waals surface area contributed by atoms with E-state index in [9.17, 15) is 19.1 Å². The van der Waals surface area contributed by atoms with Gasteiger partial charge in [-0.2, -0.15) is 5.10 Å². The predicted molar refractivity (Wildman–Crippen MR) is 116 cm³/mol. The van der Waals surface area contributed by atoms with E-state index in [-0.39, 0.29) is 43.1 Å². The number of hydrogen-bond donors (Lipinski definition) is 1. The van der Waals surface area contributed by atoms with Gasteiger partial charge in [0.05, 0.1) is 18.3 Å². The molecule has 1 heterocycles. The van der Waals surface area contributed by atoms with Crippen molar-refractivity contribution in [3.8, 4) is 0 Å². The predicted octanol–water partition coefficient (Wildman–Crippen LogP) is 3.65. The fraction of sp³-hybridized carbons (Fsp3) is 0.375. The highest BCUT2D eigenvalue weighted by Gasteiger charge is 2.37. The van der Waals surface area contributed by atoms with Crippen molar-refractivity contribution in [1.29, 1.82) is 0 Å². The van der Waals surface area contributed by atoms with Crippen LogP contribution >= 0.6 is 0 Å². The van der Waals surface area contributed by atoms with Crippen molar-refractivity contribution >= 4 is 23.2 Å². The van der Waals surface area contributed by atoms with Gasteiger partial charge in [0.2, 0.25) is 5.91 Å². The van der Waals surface area contributed by atoms with Gasteiger partial charge in [-0.15, -0.1) is 0 Å². The van der Waals surface area contributed by atoms with Crippen LogP contribution in [0, 0.1) is 19.7 Å². The zero-order chi connectivity index (χ0) is 22.1. The third kappa shape index (κ3) is 4.66. The Morgan fingerprint density at radius 3 is 2.58 bits per heavy atom. The number of rotatable bonds is 6. The lowest BCUT2D eigenvalue weighted by Crippen LogP contribution is -2.44. The van der Waals surface area contributed by atoms with E-state index < -0.39 is 6.10 Å². The van der Waals surface area contributed by atoms with Crippen LogP contribution in [0.15, 0.2) is 47.6 Å². The summed E-state index contributed by atoms with van der Waals surface area (Å²) in [5, 5.41) is 16.4. The first-order chi connectivity index (χ1) is 14.8. The van der Waals surface area contributed by atoms with Gasteiger partial charge in [-0.25, -0.2) is 9.40 Å². The Kier molecular flexibility index (Phi) is 5.87. The number of aryl methyl sites for hydroxylation is 2. The minimum absolute atomic E-state index is 0.0529. The van der Waals surface area contributed by atoms with Gasteiger partial charge in [-0.3, -0.25) is 9.59 Å². The van der Waals surface area contributed by atoms with E-state index in [1.165, 1.54) is 29.3 Å². The molecule has 6 nitrogen and oxygen atoms in total. The molecule has 162 valence electrons. The van der Waals surface area contributed by atoms with Crippen molar-refractivity contribution in [2.75, 3.05) is 11.6 Å². The number of hydrogen-bond acceptors (Lipinski definition) is 4. The standard InChI is InChI=1S/C24H26FN3O3/c1-15-3-4-16(2)21(13-15)28-23(30)12-11-20(26-28)24(31)27(19-9-10-19)14-22(29)17-5-7-18(25)8-6-17/h3-8,13,19,22,29H,9-12,14H2,1-2H3. The van der Waals surface area contributed by atoms with E-state index in [1.807, 2.05) is 32.0 Å². The highest BCUT2D eigenvalue weighted by Crippen LogP contribution is 2.31. The Morgan fingerprint density at radius 1 is 1.19 bits per heavy atom. The number of anilines is 1. The van der Waals surface area contributed by atoms with Gasteiger partial charge in [0.1, 0.15) is 11.5 Å². The third-order valence-electron chi connectivity index (χ3n) is 5.75. The first-order valence-electron chi connectivity index (χ1n) is 10.6. The van der Waals surface area contributed by atoms with Crippen molar-refractivity contribution in [1.82, 2.24) is 4.90 Å². The van der Waals surface area contributed by atoms with E-state index in [0.717, 1.165) is 24.0 Å². The number of nitrogens with zero attached hydrogens (tertiary/aromatic N) is 3. The number of carbonyl (C=O) groups excluding carboxylic acids is 2. The first-order valence-corrected chi connectivity index (χ1v) is 10.6. The molecule has 0 aromatic heterocycles. The molecule has 0 spiro atoms. The number of aliphatic hydroxyl groups excluding tert-OH is 1. The van der Waals surface area contributed by atoms with Gasteiger partial charge in [-0.1, -0.05) is 24.3 Å². The minimum atomic E-state index is -0.925. The molecule has 1 atom stereocenters. The number of amides is 2. The number of halogens is 1. The van der Waals surface area contributed by atoms with Crippen LogP contribution in [0.25, 0.3) is 0 Å². The molecule has 0 bridgehead atoms. The topological polar surface area (TPSA) is 73.2 Å². The third-order valence-corrected chi connectivity index (χ3v) is 5.75. The van der Waals surface area contributed by atoms with Gasteiger partial charge in [-0.05, 0) is 61.6 Å². The molecule has 4 rings (SSSR count). The molecule has 2 aromatic rings. The first kappa shape index (κ1) is 21.2. The Hall–Kier alpha value is -3.06. The Morgan fingerprint density at radius 2 is 1.90 bits per heavy atom. The lowest BCUT2D eigenvalue weighted by Gasteiger charge is -2.29. The van der Waals surface area contributed by atoms with Crippen molar-refractivity contribution in [2.45, 2.75) is 51.7 Å². The van der Waals surface area contributed by atoms with Crippen LogP contribution in [0.1, 0.15) is 48.5 Å². The zero-order valence-corrected chi connectivity index (χ0v) is 17.7. The van der Waals surface area contributed by atoms with E-state index in [0.29, 0.717) is 17.0 Å².